The summed E-state index contributed by atoms with van der Waals surface area (Å²) in [6.45, 7) is 7.30. The van der Waals surface area contributed by atoms with Gasteiger partial charge in [-0.25, -0.2) is 9.37 Å². The molecule has 4 aromatic rings. The van der Waals surface area contributed by atoms with Crippen LogP contribution in [0, 0.1) is 26.6 Å². The molecule has 0 bridgehead atoms. The van der Waals surface area contributed by atoms with Gasteiger partial charge in [0.25, 0.3) is 5.56 Å². The minimum atomic E-state index is -0.240. The van der Waals surface area contributed by atoms with Gasteiger partial charge in [0, 0.05) is 60.4 Å². The SMILES string of the molecule is Cc1cc(F)ccc1-c1cnc2c(c1)CN(c1nn3c(=O)ccnc3c(C)c1C)CC2. The summed E-state index contributed by atoms with van der Waals surface area (Å²) in [5, 5.41) is 4.64. The van der Waals surface area contributed by atoms with E-state index in [4.69, 9.17) is 0 Å². The fourth-order valence-corrected chi connectivity index (χ4v) is 4.26. The van der Waals surface area contributed by atoms with Crippen molar-refractivity contribution in [3.05, 3.63) is 86.8 Å². The van der Waals surface area contributed by atoms with Crippen LogP contribution in [0.4, 0.5) is 10.2 Å². The highest BCUT2D eigenvalue weighted by molar-refractivity contribution is 5.68. The molecule has 0 saturated carbocycles. The molecule has 31 heavy (non-hydrogen) atoms. The van der Waals surface area contributed by atoms with E-state index >= 15 is 0 Å². The Hall–Kier alpha value is -3.61. The van der Waals surface area contributed by atoms with E-state index < -0.39 is 0 Å². The van der Waals surface area contributed by atoms with Crippen LogP contribution in [0.3, 0.4) is 0 Å². The number of halogens is 1. The monoisotopic (exact) mass is 415 g/mol. The largest absolute Gasteiger partial charge is 0.350 e. The van der Waals surface area contributed by atoms with Crippen molar-refractivity contribution in [2.45, 2.75) is 33.7 Å². The van der Waals surface area contributed by atoms with Gasteiger partial charge in [-0.05, 0) is 55.7 Å². The summed E-state index contributed by atoms with van der Waals surface area (Å²) in [6, 6.07) is 8.37. The standard InChI is InChI=1S/C24H22FN5O/c1-14-10-19(25)4-5-20(14)17-11-18-13-29(9-7-21(18)27-12-17)24-16(3)15(2)23-26-8-6-22(31)30(23)28-24/h4-6,8,10-12H,7,9,13H2,1-3H3. The molecule has 0 atom stereocenters. The molecular weight excluding hydrogens is 393 g/mol. The van der Waals surface area contributed by atoms with E-state index in [-0.39, 0.29) is 11.4 Å². The van der Waals surface area contributed by atoms with Gasteiger partial charge in [-0.2, -0.15) is 4.52 Å². The van der Waals surface area contributed by atoms with E-state index in [1.54, 1.807) is 6.07 Å². The number of anilines is 1. The molecule has 0 unspecified atom stereocenters. The number of aryl methyl sites for hydroxylation is 2. The third-order valence-corrected chi connectivity index (χ3v) is 6.09. The van der Waals surface area contributed by atoms with Gasteiger partial charge in [0.05, 0.1) is 0 Å². The van der Waals surface area contributed by atoms with Crippen LogP contribution in [0.15, 0.2) is 47.5 Å². The number of benzene rings is 1. The Morgan fingerprint density at radius 3 is 2.68 bits per heavy atom. The van der Waals surface area contributed by atoms with Gasteiger partial charge >= 0.3 is 0 Å². The highest BCUT2D eigenvalue weighted by Gasteiger charge is 2.23. The van der Waals surface area contributed by atoms with Crippen LogP contribution in [0.5, 0.6) is 0 Å². The van der Waals surface area contributed by atoms with E-state index in [1.807, 2.05) is 27.0 Å². The van der Waals surface area contributed by atoms with Crippen molar-refractivity contribution in [1.82, 2.24) is 19.6 Å². The third kappa shape index (κ3) is 3.26. The summed E-state index contributed by atoms with van der Waals surface area (Å²) in [4.78, 5) is 23.5. The summed E-state index contributed by atoms with van der Waals surface area (Å²) in [6.07, 6.45) is 4.18. The second kappa shape index (κ2) is 7.27. The lowest BCUT2D eigenvalue weighted by atomic mass is 9.97. The van der Waals surface area contributed by atoms with E-state index in [0.29, 0.717) is 12.2 Å². The summed E-state index contributed by atoms with van der Waals surface area (Å²) in [5.41, 5.74) is 7.36. The quantitative estimate of drug-likeness (QED) is 0.499. The Labute approximate surface area is 179 Å². The van der Waals surface area contributed by atoms with Crippen LogP contribution in [-0.2, 0) is 13.0 Å². The Morgan fingerprint density at radius 1 is 1.03 bits per heavy atom. The Balaban J connectivity index is 1.56. The maximum absolute atomic E-state index is 13.5. The summed E-state index contributed by atoms with van der Waals surface area (Å²) in [5.74, 6) is 0.547. The van der Waals surface area contributed by atoms with Crippen molar-refractivity contribution in [2.75, 3.05) is 11.4 Å². The molecule has 0 saturated heterocycles. The number of hydrogen-bond donors (Lipinski definition) is 0. The van der Waals surface area contributed by atoms with Crippen LogP contribution in [0.25, 0.3) is 16.8 Å². The molecule has 1 aliphatic rings. The Kier molecular flexibility index (Phi) is 4.54. The summed E-state index contributed by atoms with van der Waals surface area (Å²) >= 11 is 0. The number of fused-ring (bicyclic) bond motifs is 2. The molecule has 0 N–H and O–H groups in total. The zero-order valence-electron chi connectivity index (χ0n) is 17.7. The fourth-order valence-electron chi connectivity index (χ4n) is 4.26. The first kappa shape index (κ1) is 19.4. The second-order valence-electron chi connectivity index (χ2n) is 8.05. The number of hydrogen-bond acceptors (Lipinski definition) is 5. The smallest absolute Gasteiger partial charge is 0.274 e. The summed E-state index contributed by atoms with van der Waals surface area (Å²) in [7, 11) is 0. The third-order valence-electron chi connectivity index (χ3n) is 6.09. The molecule has 3 aromatic heterocycles. The number of pyridine rings is 1. The van der Waals surface area contributed by atoms with E-state index in [0.717, 1.165) is 57.9 Å². The molecule has 0 radical (unpaired) electrons. The maximum atomic E-state index is 13.5. The Morgan fingerprint density at radius 2 is 1.87 bits per heavy atom. The molecule has 0 fully saturated rings. The number of rotatable bonds is 2. The zero-order chi connectivity index (χ0) is 21.7. The predicted octanol–water partition coefficient (Wildman–Crippen LogP) is 3.78. The van der Waals surface area contributed by atoms with E-state index in [9.17, 15) is 9.18 Å². The van der Waals surface area contributed by atoms with Crippen LogP contribution in [0.1, 0.15) is 27.9 Å². The lowest BCUT2D eigenvalue weighted by Crippen LogP contribution is -2.33. The topological polar surface area (TPSA) is 63.4 Å². The van der Waals surface area contributed by atoms with Crippen molar-refractivity contribution in [3.8, 4) is 11.1 Å². The lowest BCUT2D eigenvalue weighted by molar-refractivity contribution is 0.627. The molecule has 1 aromatic carbocycles. The number of aromatic nitrogens is 4. The highest BCUT2D eigenvalue weighted by Crippen LogP contribution is 2.30. The average molecular weight is 415 g/mol. The van der Waals surface area contributed by atoms with Gasteiger partial charge in [0.15, 0.2) is 11.5 Å². The van der Waals surface area contributed by atoms with E-state index in [2.05, 4.69) is 26.0 Å². The first-order valence-corrected chi connectivity index (χ1v) is 10.3. The van der Waals surface area contributed by atoms with Gasteiger partial charge in [-0.3, -0.25) is 9.78 Å². The lowest BCUT2D eigenvalue weighted by Gasteiger charge is -2.31. The molecular formula is C24H22FN5O. The molecule has 156 valence electrons. The maximum Gasteiger partial charge on any atom is 0.274 e. The van der Waals surface area contributed by atoms with Crippen molar-refractivity contribution in [3.63, 3.8) is 0 Å². The highest BCUT2D eigenvalue weighted by atomic mass is 19.1. The molecule has 7 heteroatoms. The average Bonchev–Trinajstić information content (AvgIpc) is 2.76. The van der Waals surface area contributed by atoms with E-state index in [1.165, 1.54) is 28.9 Å². The fraction of sp³-hybridized carbons (Fsp3) is 0.250. The van der Waals surface area contributed by atoms with Crippen molar-refractivity contribution in [2.24, 2.45) is 0 Å². The zero-order valence-corrected chi connectivity index (χ0v) is 17.7. The molecule has 0 amide bonds. The van der Waals surface area contributed by atoms with Gasteiger partial charge in [-0.15, -0.1) is 5.10 Å². The predicted molar refractivity (Wildman–Crippen MR) is 118 cm³/mol. The normalized spacial score (nSPS) is 13.5. The second-order valence-corrected chi connectivity index (χ2v) is 8.05. The van der Waals surface area contributed by atoms with Gasteiger partial charge in [-0.1, -0.05) is 6.07 Å². The van der Waals surface area contributed by atoms with Crippen LogP contribution >= 0.6 is 0 Å². The van der Waals surface area contributed by atoms with Gasteiger partial charge in [0.2, 0.25) is 0 Å². The van der Waals surface area contributed by atoms with Crippen LogP contribution in [-0.4, -0.2) is 26.1 Å². The molecule has 5 rings (SSSR count). The minimum absolute atomic E-state index is 0.192. The van der Waals surface area contributed by atoms with Crippen LogP contribution in [0.2, 0.25) is 0 Å². The first-order chi connectivity index (χ1) is 14.9. The van der Waals surface area contributed by atoms with Crippen LogP contribution < -0.4 is 10.5 Å². The van der Waals surface area contributed by atoms with Gasteiger partial charge < -0.3 is 4.90 Å². The molecule has 4 heterocycles. The number of nitrogens with zero attached hydrogens (tertiary/aromatic N) is 5. The minimum Gasteiger partial charge on any atom is -0.350 e. The molecule has 1 aliphatic heterocycles. The van der Waals surface area contributed by atoms with Gasteiger partial charge in [0.1, 0.15) is 5.82 Å². The molecule has 6 nitrogen and oxygen atoms in total. The van der Waals surface area contributed by atoms with Crippen molar-refractivity contribution >= 4 is 11.5 Å². The molecule has 0 spiro atoms. The first-order valence-electron chi connectivity index (χ1n) is 10.3. The Bertz CT molecular complexity index is 1400. The van der Waals surface area contributed by atoms with Crippen molar-refractivity contribution < 1.29 is 4.39 Å². The molecule has 0 aliphatic carbocycles. The summed E-state index contributed by atoms with van der Waals surface area (Å²) < 4.78 is 14.9. The van der Waals surface area contributed by atoms with Crippen molar-refractivity contribution in [1.29, 1.82) is 0 Å².